The van der Waals surface area contributed by atoms with Gasteiger partial charge in [-0.2, -0.15) is 0 Å². The monoisotopic (exact) mass is 389 g/mol. The average Bonchev–Trinajstić information content (AvgIpc) is 3.32. The number of H-pyrrole nitrogens is 1. The second kappa shape index (κ2) is 8.07. The zero-order chi connectivity index (χ0) is 18.5. The lowest BCUT2D eigenvalue weighted by Gasteiger charge is -2.06. The summed E-state index contributed by atoms with van der Waals surface area (Å²) in [4.78, 5) is 16.8. The first-order valence-corrected chi connectivity index (χ1v) is 9.11. The molecule has 0 saturated carbocycles. The number of aromatic amines is 1. The molecule has 3 rings (SSSR count). The molecule has 2 N–H and O–H groups in total. The Balaban J connectivity index is 1.86. The fraction of sp³-hybridized carbons (Fsp3) is 0.118. The van der Waals surface area contributed by atoms with Gasteiger partial charge in [0.25, 0.3) is 0 Å². The standard InChI is InChI=1S/C17H15N3O4S2/c1-23-11-6-10(7-12(8-11)24-2)15-18-17(20-19-15)26-14(16(21)22)9-13-4-3-5-25-13/h3-9H,1-2H3,(H,21,22)(H,18,19,20)/b14-9+. The Morgan fingerprint density at radius 1 is 1.27 bits per heavy atom. The molecule has 0 spiro atoms. The van der Waals surface area contributed by atoms with Gasteiger partial charge in [0.2, 0.25) is 5.16 Å². The third-order valence-corrected chi connectivity index (χ3v) is 5.02. The minimum absolute atomic E-state index is 0.140. The second-order valence-electron chi connectivity index (χ2n) is 5.00. The Morgan fingerprint density at radius 2 is 2.00 bits per heavy atom. The van der Waals surface area contributed by atoms with E-state index in [0.29, 0.717) is 22.5 Å². The van der Waals surface area contributed by atoms with E-state index < -0.39 is 5.97 Å². The molecule has 1 aromatic carbocycles. The van der Waals surface area contributed by atoms with E-state index >= 15 is 0 Å². The van der Waals surface area contributed by atoms with Crippen molar-refractivity contribution in [3.63, 3.8) is 0 Å². The predicted octanol–water partition coefficient (Wildman–Crippen LogP) is 3.77. The first-order chi connectivity index (χ1) is 12.6. The van der Waals surface area contributed by atoms with Crippen molar-refractivity contribution in [1.82, 2.24) is 15.2 Å². The number of carbonyl (C=O) groups is 1. The average molecular weight is 389 g/mol. The lowest BCUT2D eigenvalue weighted by molar-refractivity contribution is -0.131. The van der Waals surface area contributed by atoms with E-state index in [2.05, 4.69) is 15.2 Å². The van der Waals surface area contributed by atoms with Crippen LogP contribution in [0.1, 0.15) is 4.88 Å². The number of aliphatic carboxylic acids is 1. The number of carboxylic acid groups (broad SMARTS) is 1. The topological polar surface area (TPSA) is 97.3 Å². The number of hydrogen-bond donors (Lipinski definition) is 2. The molecule has 0 atom stereocenters. The van der Waals surface area contributed by atoms with Crippen molar-refractivity contribution in [2.75, 3.05) is 14.2 Å². The van der Waals surface area contributed by atoms with Gasteiger partial charge >= 0.3 is 5.97 Å². The summed E-state index contributed by atoms with van der Waals surface area (Å²) in [5.41, 5.74) is 0.722. The third-order valence-electron chi connectivity index (χ3n) is 3.32. The van der Waals surface area contributed by atoms with E-state index in [4.69, 9.17) is 9.47 Å². The highest BCUT2D eigenvalue weighted by Crippen LogP contribution is 2.31. The maximum absolute atomic E-state index is 11.5. The number of ether oxygens (including phenoxy) is 2. The number of benzene rings is 1. The Bertz CT molecular complexity index is 913. The van der Waals surface area contributed by atoms with Crippen LogP contribution in [-0.2, 0) is 4.79 Å². The van der Waals surface area contributed by atoms with Crippen LogP contribution in [0.4, 0.5) is 0 Å². The fourth-order valence-electron chi connectivity index (χ4n) is 2.10. The Kier molecular flexibility index (Phi) is 5.59. The number of nitrogens with zero attached hydrogens (tertiary/aromatic N) is 2. The number of methoxy groups -OCH3 is 2. The van der Waals surface area contributed by atoms with E-state index in [1.165, 1.54) is 11.3 Å². The largest absolute Gasteiger partial charge is 0.497 e. The summed E-state index contributed by atoms with van der Waals surface area (Å²) in [6, 6.07) is 9.04. The van der Waals surface area contributed by atoms with Crippen LogP contribution in [0, 0.1) is 0 Å². The molecule has 0 unspecified atom stereocenters. The Morgan fingerprint density at radius 3 is 2.58 bits per heavy atom. The molecule has 0 amide bonds. The van der Waals surface area contributed by atoms with Crippen LogP contribution in [0.15, 0.2) is 45.8 Å². The lowest BCUT2D eigenvalue weighted by atomic mass is 10.2. The molecule has 0 saturated heterocycles. The van der Waals surface area contributed by atoms with Crippen LogP contribution < -0.4 is 9.47 Å². The van der Waals surface area contributed by atoms with Crippen LogP contribution >= 0.6 is 23.1 Å². The summed E-state index contributed by atoms with van der Waals surface area (Å²) in [6.07, 6.45) is 1.60. The molecule has 2 heterocycles. The second-order valence-corrected chi connectivity index (χ2v) is 6.99. The number of thiophene rings is 1. The van der Waals surface area contributed by atoms with E-state index in [9.17, 15) is 9.90 Å². The first kappa shape index (κ1) is 18.0. The zero-order valence-electron chi connectivity index (χ0n) is 13.9. The first-order valence-electron chi connectivity index (χ1n) is 7.41. The van der Waals surface area contributed by atoms with Crippen LogP contribution in [0.3, 0.4) is 0 Å². The molecule has 0 bridgehead atoms. The molecule has 9 heteroatoms. The van der Waals surface area contributed by atoms with Crippen molar-refractivity contribution in [3.05, 3.63) is 45.5 Å². The molecule has 0 aliphatic rings. The van der Waals surface area contributed by atoms with E-state index in [1.54, 1.807) is 38.5 Å². The van der Waals surface area contributed by atoms with Gasteiger partial charge in [-0.15, -0.1) is 16.4 Å². The highest BCUT2D eigenvalue weighted by molar-refractivity contribution is 8.04. The van der Waals surface area contributed by atoms with Crippen molar-refractivity contribution in [2.45, 2.75) is 5.16 Å². The highest BCUT2D eigenvalue weighted by Gasteiger charge is 2.15. The summed E-state index contributed by atoms with van der Waals surface area (Å²) >= 11 is 2.44. The number of hydrogen-bond acceptors (Lipinski definition) is 7. The third kappa shape index (κ3) is 4.24. The number of aromatic nitrogens is 3. The van der Waals surface area contributed by atoms with E-state index in [0.717, 1.165) is 22.2 Å². The SMILES string of the molecule is COc1cc(OC)cc(-c2nc(S/C(=C/c3cccs3)C(=O)O)n[nH]2)c1. The molecule has 0 aliphatic heterocycles. The van der Waals surface area contributed by atoms with Crippen LogP contribution in [-0.4, -0.2) is 40.5 Å². The minimum Gasteiger partial charge on any atom is -0.497 e. The normalized spacial score (nSPS) is 11.4. The summed E-state index contributed by atoms with van der Waals surface area (Å²) in [5.74, 6) is 0.700. The molecule has 0 radical (unpaired) electrons. The smallest absolute Gasteiger partial charge is 0.342 e. The Hall–Kier alpha value is -2.78. The van der Waals surface area contributed by atoms with Gasteiger partial charge in [0.15, 0.2) is 5.82 Å². The number of nitrogens with one attached hydrogen (secondary N) is 1. The molecular formula is C17H15N3O4S2. The molecule has 3 aromatic rings. The van der Waals surface area contributed by atoms with Gasteiger partial charge in [-0.25, -0.2) is 9.78 Å². The number of rotatable bonds is 7. The van der Waals surface area contributed by atoms with Crippen LogP contribution in [0.2, 0.25) is 0 Å². The number of carboxylic acids is 1. The molecule has 0 aliphatic carbocycles. The highest BCUT2D eigenvalue weighted by atomic mass is 32.2. The predicted molar refractivity (Wildman–Crippen MR) is 101 cm³/mol. The molecule has 0 fully saturated rings. The van der Waals surface area contributed by atoms with Crippen molar-refractivity contribution in [3.8, 4) is 22.9 Å². The van der Waals surface area contributed by atoms with Gasteiger partial charge in [0, 0.05) is 16.5 Å². The summed E-state index contributed by atoms with van der Waals surface area (Å²) < 4.78 is 10.5. The van der Waals surface area contributed by atoms with Gasteiger partial charge < -0.3 is 14.6 Å². The van der Waals surface area contributed by atoms with Crippen molar-refractivity contribution in [2.24, 2.45) is 0 Å². The lowest BCUT2D eigenvalue weighted by Crippen LogP contribution is -1.96. The van der Waals surface area contributed by atoms with Crippen LogP contribution in [0.25, 0.3) is 17.5 Å². The maximum Gasteiger partial charge on any atom is 0.342 e. The molecule has 26 heavy (non-hydrogen) atoms. The maximum atomic E-state index is 11.5. The summed E-state index contributed by atoms with van der Waals surface area (Å²) in [6.45, 7) is 0. The fourth-order valence-corrected chi connectivity index (χ4v) is 3.53. The van der Waals surface area contributed by atoms with Crippen molar-refractivity contribution < 1.29 is 19.4 Å². The van der Waals surface area contributed by atoms with Crippen molar-refractivity contribution >= 4 is 35.1 Å². The molecule has 2 aromatic heterocycles. The van der Waals surface area contributed by atoms with Crippen LogP contribution in [0.5, 0.6) is 11.5 Å². The molecule has 134 valence electrons. The van der Waals surface area contributed by atoms with Gasteiger partial charge in [-0.1, -0.05) is 6.07 Å². The minimum atomic E-state index is -1.03. The van der Waals surface area contributed by atoms with E-state index in [1.807, 2.05) is 17.5 Å². The van der Waals surface area contributed by atoms with Gasteiger partial charge in [-0.3, -0.25) is 5.10 Å². The Labute approximate surface area is 157 Å². The van der Waals surface area contributed by atoms with Gasteiger partial charge in [0.05, 0.1) is 14.2 Å². The van der Waals surface area contributed by atoms with Gasteiger partial charge in [-0.05, 0) is 41.4 Å². The quantitative estimate of drug-likeness (QED) is 0.469. The summed E-state index contributed by atoms with van der Waals surface area (Å²) in [5, 5.41) is 18.5. The zero-order valence-corrected chi connectivity index (χ0v) is 15.6. The van der Waals surface area contributed by atoms with E-state index in [-0.39, 0.29) is 4.91 Å². The number of thioether (sulfide) groups is 1. The molecular weight excluding hydrogens is 374 g/mol. The van der Waals surface area contributed by atoms with Crippen molar-refractivity contribution in [1.29, 1.82) is 0 Å². The molecule has 7 nitrogen and oxygen atoms in total. The van der Waals surface area contributed by atoms with Gasteiger partial charge in [0.1, 0.15) is 16.4 Å². The summed E-state index contributed by atoms with van der Waals surface area (Å²) in [7, 11) is 3.13.